The van der Waals surface area contributed by atoms with Crippen LogP contribution < -0.4 is 9.64 Å². The largest absolute Gasteiger partial charge is 0.500 e. The highest BCUT2D eigenvalue weighted by Crippen LogP contribution is 2.37. The van der Waals surface area contributed by atoms with Crippen molar-refractivity contribution in [2.75, 3.05) is 38.2 Å². The van der Waals surface area contributed by atoms with Crippen molar-refractivity contribution < 1.29 is 14.8 Å². The fourth-order valence-electron chi connectivity index (χ4n) is 3.11. The Labute approximate surface area is 156 Å². The molecule has 1 aliphatic rings. The molecule has 3 rings (SSSR count). The van der Waals surface area contributed by atoms with E-state index >= 15 is 0 Å². The first-order chi connectivity index (χ1) is 12.5. The number of nitrogens with zero attached hydrogens (tertiary/aromatic N) is 3. The van der Waals surface area contributed by atoms with Crippen LogP contribution in [0, 0.1) is 10.1 Å². The van der Waals surface area contributed by atoms with Crippen molar-refractivity contribution in [1.29, 1.82) is 0 Å². The number of aromatic hydroxyl groups is 1. The number of benzene rings is 2. The molecule has 2 aromatic carbocycles. The molecule has 0 saturated carbocycles. The number of methoxy groups -OCH3 is 1. The Hall–Kier alpha value is -2.51. The number of nitro groups is 1. The van der Waals surface area contributed by atoms with Gasteiger partial charge in [-0.15, -0.1) is 0 Å². The minimum atomic E-state index is -0.597. The minimum Gasteiger partial charge on any atom is -0.500 e. The van der Waals surface area contributed by atoms with Crippen LogP contribution in [0.5, 0.6) is 11.5 Å². The van der Waals surface area contributed by atoms with E-state index in [4.69, 9.17) is 16.3 Å². The van der Waals surface area contributed by atoms with Crippen molar-refractivity contribution in [3.05, 3.63) is 57.1 Å². The molecular weight excluding hydrogens is 358 g/mol. The Morgan fingerprint density at radius 1 is 1.19 bits per heavy atom. The molecule has 0 radical (unpaired) electrons. The molecule has 0 spiro atoms. The molecule has 26 heavy (non-hydrogen) atoms. The Balaban J connectivity index is 1.67. The Bertz CT molecular complexity index is 790. The van der Waals surface area contributed by atoms with Crippen LogP contribution in [0.15, 0.2) is 36.4 Å². The Morgan fingerprint density at radius 3 is 2.42 bits per heavy atom. The predicted octanol–water partition coefficient (Wildman–Crippen LogP) is 3.28. The Kier molecular flexibility index (Phi) is 5.49. The third kappa shape index (κ3) is 4.00. The van der Waals surface area contributed by atoms with Gasteiger partial charge in [0.1, 0.15) is 0 Å². The molecule has 1 heterocycles. The molecule has 2 aromatic rings. The van der Waals surface area contributed by atoms with E-state index in [1.165, 1.54) is 13.2 Å². The second-order valence-electron chi connectivity index (χ2n) is 6.16. The number of anilines is 1. The molecular formula is C18H20ClN3O4. The van der Waals surface area contributed by atoms with Gasteiger partial charge in [0.25, 0.3) is 0 Å². The van der Waals surface area contributed by atoms with Crippen LogP contribution >= 0.6 is 11.6 Å². The molecule has 1 N–H and O–H groups in total. The smallest absolute Gasteiger partial charge is 0.314 e. The fraction of sp³-hybridized carbons (Fsp3) is 0.333. The van der Waals surface area contributed by atoms with Crippen LogP contribution in [-0.4, -0.2) is 48.2 Å². The van der Waals surface area contributed by atoms with Crippen molar-refractivity contribution in [2.45, 2.75) is 6.54 Å². The second kappa shape index (κ2) is 7.80. The van der Waals surface area contributed by atoms with Gasteiger partial charge >= 0.3 is 5.69 Å². The van der Waals surface area contributed by atoms with Crippen LogP contribution in [0.4, 0.5) is 11.4 Å². The highest BCUT2D eigenvalue weighted by molar-refractivity contribution is 6.30. The third-order valence-corrected chi connectivity index (χ3v) is 4.75. The molecule has 0 unspecified atom stereocenters. The summed E-state index contributed by atoms with van der Waals surface area (Å²) < 4.78 is 5.06. The van der Waals surface area contributed by atoms with Crippen molar-refractivity contribution in [2.24, 2.45) is 0 Å². The van der Waals surface area contributed by atoms with E-state index in [0.717, 1.165) is 42.5 Å². The average molecular weight is 378 g/mol. The third-order valence-electron chi connectivity index (χ3n) is 4.50. The summed E-state index contributed by atoms with van der Waals surface area (Å²) >= 11 is 5.93. The van der Waals surface area contributed by atoms with Crippen LogP contribution in [0.3, 0.4) is 0 Å². The number of phenols is 1. The summed E-state index contributed by atoms with van der Waals surface area (Å²) in [5.41, 5.74) is 1.54. The molecule has 138 valence electrons. The summed E-state index contributed by atoms with van der Waals surface area (Å²) in [5.74, 6) is -0.317. The van der Waals surface area contributed by atoms with Crippen LogP contribution in [0.1, 0.15) is 5.56 Å². The quantitative estimate of drug-likeness (QED) is 0.636. The first-order valence-electron chi connectivity index (χ1n) is 8.25. The standard InChI is InChI=1S/C18H20ClN3O4/c1-26-17-11-13(10-16(18(17)23)22(24)25)12-20-6-8-21(9-7-20)15-4-2-14(19)3-5-15/h2-5,10-11,23H,6-9,12H2,1H3. The van der Waals surface area contributed by atoms with Gasteiger partial charge in [0.2, 0.25) is 5.75 Å². The topological polar surface area (TPSA) is 79.1 Å². The zero-order valence-corrected chi connectivity index (χ0v) is 15.1. The summed E-state index contributed by atoms with van der Waals surface area (Å²) in [6.45, 7) is 3.95. The van der Waals surface area contributed by atoms with Crippen LogP contribution in [0.25, 0.3) is 0 Å². The molecule has 0 atom stereocenters. The van der Waals surface area contributed by atoms with Gasteiger partial charge in [-0.1, -0.05) is 11.6 Å². The fourth-order valence-corrected chi connectivity index (χ4v) is 3.23. The summed E-state index contributed by atoms with van der Waals surface area (Å²) in [6.07, 6.45) is 0. The predicted molar refractivity (Wildman–Crippen MR) is 100 cm³/mol. The van der Waals surface area contributed by atoms with Gasteiger partial charge in [-0.05, 0) is 35.9 Å². The molecule has 0 aromatic heterocycles. The van der Waals surface area contributed by atoms with Gasteiger partial charge in [-0.2, -0.15) is 0 Å². The van der Waals surface area contributed by atoms with Crippen molar-refractivity contribution in [1.82, 2.24) is 4.90 Å². The summed E-state index contributed by atoms with van der Waals surface area (Å²) in [4.78, 5) is 15.0. The lowest BCUT2D eigenvalue weighted by Crippen LogP contribution is -2.45. The molecule has 1 fully saturated rings. The Morgan fingerprint density at radius 2 is 1.85 bits per heavy atom. The maximum Gasteiger partial charge on any atom is 0.314 e. The number of halogens is 1. The van der Waals surface area contributed by atoms with E-state index in [-0.39, 0.29) is 11.4 Å². The monoisotopic (exact) mass is 377 g/mol. The second-order valence-corrected chi connectivity index (χ2v) is 6.60. The summed E-state index contributed by atoms with van der Waals surface area (Å²) in [6, 6.07) is 10.8. The van der Waals surface area contributed by atoms with Crippen molar-refractivity contribution in [3.63, 3.8) is 0 Å². The molecule has 0 bridgehead atoms. The minimum absolute atomic E-state index is 0.119. The summed E-state index contributed by atoms with van der Waals surface area (Å²) in [5, 5.41) is 21.7. The van der Waals surface area contributed by atoms with Gasteiger partial charge in [0.05, 0.1) is 12.0 Å². The maximum absolute atomic E-state index is 11.1. The zero-order chi connectivity index (χ0) is 18.7. The van der Waals surface area contributed by atoms with Gasteiger partial charge < -0.3 is 14.7 Å². The number of rotatable bonds is 5. The molecule has 1 aliphatic heterocycles. The van der Waals surface area contributed by atoms with Gasteiger partial charge in [0, 0.05) is 49.5 Å². The van der Waals surface area contributed by atoms with E-state index in [0.29, 0.717) is 6.54 Å². The number of nitro benzene ring substituents is 1. The average Bonchev–Trinajstić information content (AvgIpc) is 2.64. The van der Waals surface area contributed by atoms with E-state index in [1.807, 2.05) is 24.3 Å². The first-order valence-corrected chi connectivity index (χ1v) is 8.63. The number of hydrogen-bond donors (Lipinski definition) is 1. The highest BCUT2D eigenvalue weighted by Gasteiger charge is 2.22. The lowest BCUT2D eigenvalue weighted by atomic mass is 10.1. The number of hydrogen-bond acceptors (Lipinski definition) is 6. The van der Waals surface area contributed by atoms with Crippen molar-refractivity contribution >= 4 is 23.0 Å². The number of ether oxygens (including phenoxy) is 1. The maximum atomic E-state index is 11.1. The summed E-state index contributed by atoms with van der Waals surface area (Å²) in [7, 11) is 1.38. The molecule has 8 heteroatoms. The van der Waals surface area contributed by atoms with E-state index in [2.05, 4.69) is 9.80 Å². The molecule has 1 saturated heterocycles. The number of phenolic OH excluding ortho intramolecular Hbond substituents is 1. The van der Waals surface area contributed by atoms with Crippen LogP contribution in [-0.2, 0) is 6.54 Å². The van der Waals surface area contributed by atoms with E-state index < -0.39 is 10.7 Å². The van der Waals surface area contributed by atoms with E-state index in [9.17, 15) is 15.2 Å². The SMILES string of the molecule is COc1cc(CN2CCN(c3ccc(Cl)cc3)CC2)cc([N+](=O)[O-])c1O. The zero-order valence-electron chi connectivity index (χ0n) is 14.4. The lowest BCUT2D eigenvalue weighted by Gasteiger charge is -2.36. The van der Waals surface area contributed by atoms with Crippen LogP contribution in [0.2, 0.25) is 5.02 Å². The lowest BCUT2D eigenvalue weighted by molar-refractivity contribution is -0.386. The first kappa shape index (κ1) is 18.3. The normalized spacial score (nSPS) is 15.1. The molecule has 7 nitrogen and oxygen atoms in total. The van der Waals surface area contributed by atoms with Crippen molar-refractivity contribution in [3.8, 4) is 11.5 Å². The van der Waals surface area contributed by atoms with Gasteiger partial charge in [-0.25, -0.2) is 0 Å². The molecule has 0 amide bonds. The van der Waals surface area contributed by atoms with Gasteiger partial charge in [0.15, 0.2) is 5.75 Å². The highest BCUT2D eigenvalue weighted by atomic mass is 35.5. The number of piperazine rings is 1. The molecule has 0 aliphatic carbocycles. The van der Waals surface area contributed by atoms with E-state index in [1.54, 1.807) is 6.07 Å². The van der Waals surface area contributed by atoms with Gasteiger partial charge in [-0.3, -0.25) is 15.0 Å².